The molecule has 4 heteroatoms. The van der Waals surface area contributed by atoms with Crippen LogP contribution < -0.4 is 10.2 Å². The van der Waals surface area contributed by atoms with Crippen molar-refractivity contribution in [3.63, 3.8) is 0 Å². The van der Waals surface area contributed by atoms with E-state index < -0.39 is 11.9 Å². The van der Waals surface area contributed by atoms with Gasteiger partial charge in [0, 0.05) is 66.8 Å². The lowest BCUT2D eigenvalue weighted by molar-refractivity contribution is -0.256. The fraction of sp³-hybridized carbons (Fsp3) is 0.0175. The fourth-order valence-electron chi connectivity index (χ4n) is 5.64. The molecule has 0 aliphatic heterocycles. The van der Waals surface area contributed by atoms with E-state index in [0.29, 0.717) is 11.1 Å². The van der Waals surface area contributed by atoms with Gasteiger partial charge in [-0.15, -0.1) is 0 Å². The van der Waals surface area contributed by atoms with Crippen molar-refractivity contribution in [2.75, 3.05) is 0 Å². The number of aromatic carboxylic acids is 2. The van der Waals surface area contributed by atoms with Gasteiger partial charge >= 0.3 is 0 Å². The van der Waals surface area contributed by atoms with Crippen molar-refractivity contribution in [1.82, 2.24) is 0 Å². The van der Waals surface area contributed by atoms with Crippen LogP contribution in [0.1, 0.15) is 93.0 Å². The monoisotopic (exact) mass is 778 g/mol. The molecule has 4 nitrogen and oxygen atoms in total. The summed E-state index contributed by atoms with van der Waals surface area (Å²) in [5.74, 6) is 35.8. The molecule has 0 aromatic heterocycles. The van der Waals surface area contributed by atoms with Crippen LogP contribution in [0.15, 0.2) is 164 Å². The molecule has 0 atom stereocenters. The highest BCUT2D eigenvalue weighted by atomic mass is 16.4. The number of carboxylic acids is 2. The second-order valence-electron chi connectivity index (χ2n) is 13.6. The predicted octanol–water partition coefficient (Wildman–Crippen LogP) is 7.12. The van der Waals surface area contributed by atoms with E-state index in [-0.39, 0.29) is 11.1 Å². The first-order valence-electron chi connectivity index (χ1n) is 19.0. The van der Waals surface area contributed by atoms with Crippen molar-refractivity contribution < 1.29 is 19.8 Å². The van der Waals surface area contributed by atoms with Gasteiger partial charge in [0.1, 0.15) is 0 Å². The van der Waals surface area contributed by atoms with Crippen molar-refractivity contribution in [2.24, 2.45) is 0 Å². The molecule has 0 bridgehead atoms. The van der Waals surface area contributed by atoms with E-state index in [1.165, 1.54) is 29.8 Å². The molecule has 284 valence electrons. The van der Waals surface area contributed by atoms with E-state index >= 15 is 0 Å². The Hall–Kier alpha value is -9.16. The van der Waals surface area contributed by atoms with Gasteiger partial charge in [0.25, 0.3) is 0 Å². The zero-order valence-corrected chi connectivity index (χ0v) is 32.7. The first-order chi connectivity index (χ1) is 29.7. The maximum Gasteiger partial charge on any atom is 0.0715 e. The minimum absolute atomic E-state index is 0.105. The van der Waals surface area contributed by atoms with Crippen molar-refractivity contribution >= 4 is 11.9 Å². The first-order valence-corrected chi connectivity index (χ1v) is 19.0. The van der Waals surface area contributed by atoms with Crippen molar-refractivity contribution in [1.29, 1.82) is 0 Å². The lowest BCUT2D eigenvalue weighted by Crippen LogP contribution is -2.21. The highest BCUT2D eigenvalue weighted by molar-refractivity contribution is 5.86. The number of carbonyl (C=O) groups excluding carboxylic acids is 2. The SMILES string of the molecule is Cc1ccc(C#Cc2ccc(C#Cc3cc(C#Cc4ccc(C#Cc5ccc(C(=O)[O-])cc5)cc4)cc(C#Cc4ccc(C#Cc5ccc(C(=O)[O-])cc5)cc4)c3)cc2)cc1. The average molecular weight is 779 g/mol. The Morgan fingerprint density at radius 3 is 0.639 bits per heavy atom. The summed E-state index contributed by atoms with van der Waals surface area (Å²) in [7, 11) is 0. The molecule has 0 aliphatic carbocycles. The molecular formula is C57H30O4-2. The van der Waals surface area contributed by atoms with Crippen LogP contribution >= 0.6 is 0 Å². The standard InChI is InChI=1S/C57H32O4/c1-41-2-4-42(5-3-41)6-7-43-8-14-46(15-9-43)24-27-51-38-52(28-25-47-16-10-44(11-17-47)20-22-49-30-34-54(35-31-49)56(58)59)40-53(39-51)29-26-48-18-12-45(13-19-48)21-23-50-32-36-55(37-33-50)57(60)61/h2-5,8-19,30-40H,1H3,(H,58,59)(H,60,61)/p-2. The van der Waals surface area contributed by atoms with Gasteiger partial charge < -0.3 is 19.8 Å². The van der Waals surface area contributed by atoms with Crippen LogP contribution in [-0.2, 0) is 0 Å². The van der Waals surface area contributed by atoms with E-state index in [4.69, 9.17) is 0 Å². The summed E-state index contributed by atoms with van der Waals surface area (Å²) in [6, 6.07) is 49.4. The Labute approximate surface area is 355 Å². The minimum Gasteiger partial charge on any atom is -0.545 e. The third-order valence-electron chi connectivity index (χ3n) is 8.99. The predicted molar refractivity (Wildman–Crippen MR) is 234 cm³/mol. The van der Waals surface area contributed by atoms with Crippen LogP contribution in [0.5, 0.6) is 0 Å². The second kappa shape index (κ2) is 19.3. The second-order valence-corrected chi connectivity index (χ2v) is 13.6. The lowest BCUT2D eigenvalue weighted by Gasteiger charge is -2.00. The van der Waals surface area contributed by atoms with Crippen LogP contribution in [0.25, 0.3) is 0 Å². The number of hydrogen-bond acceptors (Lipinski definition) is 4. The molecule has 0 fully saturated rings. The number of rotatable bonds is 2. The third kappa shape index (κ3) is 11.9. The van der Waals surface area contributed by atoms with Gasteiger partial charge in [0.05, 0.1) is 11.9 Å². The first kappa shape index (κ1) is 40.1. The van der Waals surface area contributed by atoms with Crippen LogP contribution in [-0.4, -0.2) is 11.9 Å². The lowest BCUT2D eigenvalue weighted by atomic mass is 10.0. The van der Waals surface area contributed by atoms with E-state index in [1.807, 2.05) is 115 Å². The van der Waals surface area contributed by atoms with Crippen molar-refractivity contribution in [2.45, 2.75) is 6.92 Å². The zero-order chi connectivity index (χ0) is 42.4. The molecule has 0 saturated carbocycles. The molecule has 0 N–H and O–H groups in total. The third-order valence-corrected chi connectivity index (χ3v) is 8.99. The Morgan fingerprint density at radius 1 is 0.279 bits per heavy atom. The molecule has 7 aromatic carbocycles. The summed E-state index contributed by atoms with van der Waals surface area (Å²) in [6.45, 7) is 2.05. The Kier molecular flexibility index (Phi) is 12.7. The summed E-state index contributed by atoms with van der Waals surface area (Å²) in [4.78, 5) is 22.0. The van der Waals surface area contributed by atoms with Crippen molar-refractivity contribution in [3.05, 3.63) is 247 Å². The largest absolute Gasteiger partial charge is 0.545 e. The molecule has 0 amide bonds. The van der Waals surface area contributed by atoms with E-state index in [0.717, 1.165) is 55.6 Å². The maximum absolute atomic E-state index is 11.0. The summed E-state index contributed by atoms with van der Waals surface area (Å²) >= 11 is 0. The number of carboxylic acid groups (broad SMARTS) is 2. The smallest absolute Gasteiger partial charge is 0.0715 e. The van der Waals surface area contributed by atoms with Crippen LogP contribution in [0.3, 0.4) is 0 Å². The number of hydrogen-bond donors (Lipinski definition) is 0. The quantitative estimate of drug-likeness (QED) is 0.175. The zero-order valence-electron chi connectivity index (χ0n) is 32.7. The van der Waals surface area contributed by atoms with Crippen LogP contribution in [0.4, 0.5) is 0 Å². The normalized spacial score (nSPS) is 9.52. The van der Waals surface area contributed by atoms with Crippen LogP contribution in [0, 0.1) is 78.0 Å². The highest BCUT2D eigenvalue weighted by Gasteiger charge is 2.00. The molecule has 0 saturated heterocycles. The highest BCUT2D eigenvalue weighted by Crippen LogP contribution is 2.13. The van der Waals surface area contributed by atoms with Gasteiger partial charge in [-0.1, -0.05) is 113 Å². The van der Waals surface area contributed by atoms with E-state index in [2.05, 4.69) is 78.0 Å². The number of aryl methyl sites for hydroxylation is 1. The minimum atomic E-state index is -1.22. The van der Waals surface area contributed by atoms with Crippen molar-refractivity contribution in [3.8, 4) is 71.0 Å². The summed E-state index contributed by atoms with van der Waals surface area (Å²) in [6.07, 6.45) is 0. The number of benzene rings is 7. The average Bonchev–Trinajstić information content (AvgIpc) is 3.29. The molecular weight excluding hydrogens is 749 g/mol. The molecule has 7 aromatic rings. The molecule has 0 spiro atoms. The van der Waals surface area contributed by atoms with Gasteiger partial charge in [0.15, 0.2) is 0 Å². The molecule has 0 unspecified atom stereocenters. The van der Waals surface area contributed by atoms with E-state index in [9.17, 15) is 19.8 Å². The Morgan fingerprint density at radius 2 is 0.443 bits per heavy atom. The summed E-state index contributed by atoms with van der Waals surface area (Å²) in [5.41, 5.74) is 11.0. The van der Waals surface area contributed by atoms with Gasteiger partial charge in [-0.05, 0) is 145 Å². The molecule has 61 heavy (non-hydrogen) atoms. The van der Waals surface area contributed by atoms with E-state index in [1.54, 1.807) is 24.3 Å². The molecule has 0 radical (unpaired) electrons. The fourth-order valence-corrected chi connectivity index (χ4v) is 5.64. The van der Waals surface area contributed by atoms with Gasteiger partial charge in [-0.3, -0.25) is 0 Å². The Bertz CT molecular complexity index is 3000. The summed E-state index contributed by atoms with van der Waals surface area (Å²) < 4.78 is 0. The Balaban J connectivity index is 1.11. The molecule has 7 rings (SSSR count). The van der Waals surface area contributed by atoms with Crippen LogP contribution in [0.2, 0.25) is 0 Å². The number of carbonyl (C=O) groups is 2. The maximum atomic E-state index is 11.0. The summed E-state index contributed by atoms with van der Waals surface area (Å²) in [5, 5.41) is 22.0. The topological polar surface area (TPSA) is 80.3 Å². The molecule has 0 aliphatic rings. The molecule has 0 heterocycles. The van der Waals surface area contributed by atoms with Gasteiger partial charge in [-0.25, -0.2) is 0 Å². The van der Waals surface area contributed by atoms with Gasteiger partial charge in [-0.2, -0.15) is 0 Å². The van der Waals surface area contributed by atoms with Gasteiger partial charge in [0.2, 0.25) is 0 Å².